The van der Waals surface area contributed by atoms with Crippen LogP contribution in [0, 0.1) is 0 Å². The molecule has 1 saturated carbocycles. The molecule has 0 atom stereocenters. The van der Waals surface area contributed by atoms with E-state index in [9.17, 15) is 0 Å². The SMILES string of the molecule is C[N+](C)(C)C1CCCCCCC1. The minimum Gasteiger partial charge on any atom is -0.328 e. The highest BCUT2D eigenvalue weighted by Gasteiger charge is 2.23. The first-order chi connectivity index (χ1) is 5.61. The van der Waals surface area contributed by atoms with Gasteiger partial charge < -0.3 is 4.48 Å². The second-order valence-corrected chi connectivity index (χ2v) is 5.12. The molecule has 0 aliphatic heterocycles. The summed E-state index contributed by atoms with van der Waals surface area (Å²) in [6.45, 7) is 0. The maximum Gasteiger partial charge on any atom is 0.0884 e. The van der Waals surface area contributed by atoms with Crippen LogP contribution in [0.1, 0.15) is 44.9 Å². The van der Waals surface area contributed by atoms with Gasteiger partial charge in [-0.2, -0.15) is 0 Å². The van der Waals surface area contributed by atoms with E-state index in [2.05, 4.69) is 21.1 Å². The van der Waals surface area contributed by atoms with E-state index in [0.29, 0.717) is 0 Å². The summed E-state index contributed by atoms with van der Waals surface area (Å²) in [6.07, 6.45) is 10.2. The average molecular weight is 170 g/mol. The fraction of sp³-hybridized carbons (Fsp3) is 1.00. The highest BCUT2D eigenvalue weighted by Crippen LogP contribution is 2.22. The van der Waals surface area contributed by atoms with Gasteiger partial charge in [0.15, 0.2) is 0 Å². The molecule has 0 spiro atoms. The number of rotatable bonds is 1. The molecule has 1 rings (SSSR count). The van der Waals surface area contributed by atoms with Gasteiger partial charge in [-0.25, -0.2) is 0 Å². The van der Waals surface area contributed by atoms with E-state index in [0.717, 1.165) is 6.04 Å². The van der Waals surface area contributed by atoms with Crippen molar-refractivity contribution >= 4 is 0 Å². The fourth-order valence-electron chi connectivity index (χ4n) is 2.21. The summed E-state index contributed by atoms with van der Waals surface area (Å²) in [6, 6.07) is 0.922. The van der Waals surface area contributed by atoms with Crippen LogP contribution in [-0.4, -0.2) is 31.7 Å². The Hall–Kier alpha value is -0.0400. The van der Waals surface area contributed by atoms with Crippen molar-refractivity contribution in [1.82, 2.24) is 0 Å². The Morgan fingerprint density at radius 3 is 1.58 bits per heavy atom. The van der Waals surface area contributed by atoms with Gasteiger partial charge >= 0.3 is 0 Å². The molecule has 0 unspecified atom stereocenters. The molecule has 1 nitrogen and oxygen atoms in total. The molecule has 0 radical (unpaired) electrons. The van der Waals surface area contributed by atoms with E-state index < -0.39 is 0 Å². The lowest BCUT2D eigenvalue weighted by Crippen LogP contribution is -2.45. The predicted octanol–water partition coefficient (Wildman–Crippen LogP) is 2.81. The molecule has 0 bridgehead atoms. The Kier molecular flexibility index (Phi) is 3.57. The molecular weight excluding hydrogens is 146 g/mol. The fourth-order valence-corrected chi connectivity index (χ4v) is 2.21. The van der Waals surface area contributed by atoms with Gasteiger partial charge in [-0.05, 0) is 25.7 Å². The zero-order chi connectivity index (χ0) is 9.03. The number of nitrogens with zero attached hydrogens (tertiary/aromatic N) is 1. The Morgan fingerprint density at radius 1 is 0.750 bits per heavy atom. The Balaban J connectivity index is 2.40. The molecule has 12 heavy (non-hydrogen) atoms. The lowest BCUT2D eigenvalue weighted by molar-refractivity contribution is -0.897. The smallest absolute Gasteiger partial charge is 0.0884 e. The van der Waals surface area contributed by atoms with E-state index in [4.69, 9.17) is 0 Å². The highest BCUT2D eigenvalue weighted by molar-refractivity contribution is 4.62. The van der Waals surface area contributed by atoms with Crippen molar-refractivity contribution in [3.8, 4) is 0 Å². The first-order valence-corrected chi connectivity index (χ1v) is 5.42. The van der Waals surface area contributed by atoms with Gasteiger partial charge in [-0.3, -0.25) is 0 Å². The second kappa shape index (κ2) is 4.27. The molecular formula is C11H24N+. The van der Waals surface area contributed by atoms with Crippen molar-refractivity contribution in [3.63, 3.8) is 0 Å². The molecule has 1 heteroatoms. The molecule has 1 aliphatic carbocycles. The van der Waals surface area contributed by atoms with Gasteiger partial charge in [0.1, 0.15) is 0 Å². The largest absolute Gasteiger partial charge is 0.328 e. The quantitative estimate of drug-likeness (QED) is 0.531. The van der Waals surface area contributed by atoms with Gasteiger partial charge in [-0.1, -0.05) is 19.3 Å². The Morgan fingerprint density at radius 2 is 1.17 bits per heavy atom. The summed E-state index contributed by atoms with van der Waals surface area (Å²) in [5.41, 5.74) is 0. The summed E-state index contributed by atoms with van der Waals surface area (Å²) >= 11 is 0. The monoisotopic (exact) mass is 170 g/mol. The minimum absolute atomic E-state index is 0.922. The van der Waals surface area contributed by atoms with Crippen LogP contribution < -0.4 is 0 Å². The summed E-state index contributed by atoms with van der Waals surface area (Å²) in [7, 11) is 7.02. The van der Waals surface area contributed by atoms with Gasteiger partial charge in [0, 0.05) is 0 Å². The molecule has 1 aliphatic rings. The molecule has 0 aromatic heterocycles. The van der Waals surface area contributed by atoms with Crippen LogP contribution in [0.5, 0.6) is 0 Å². The van der Waals surface area contributed by atoms with Crippen molar-refractivity contribution in [2.24, 2.45) is 0 Å². The van der Waals surface area contributed by atoms with Crippen molar-refractivity contribution in [3.05, 3.63) is 0 Å². The van der Waals surface area contributed by atoms with Crippen molar-refractivity contribution < 1.29 is 4.48 Å². The maximum absolute atomic E-state index is 2.34. The minimum atomic E-state index is 0.922. The van der Waals surface area contributed by atoms with Crippen LogP contribution in [0.4, 0.5) is 0 Å². The van der Waals surface area contributed by atoms with E-state index in [-0.39, 0.29) is 0 Å². The van der Waals surface area contributed by atoms with Crippen LogP contribution in [0.3, 0.4) is 0 Å². The normalized spacial score (nSPS) is 23.2. The Bertz CT molecular complexity index is 115. The van der Waals surface area contributed by atoms with E-state index >= 15 is 0 Å². The molecule has 72 valence electrons. The maximum atomic E-state index is 2.34. The van der Waals surface area contributed by atoms with Crippen molar-refractivity contribution in [1.29, 1.82) is 0 Å². The first kappa shape index (κ1) is 10.0. The van der Waals surface area contributed by atoms with E-state index in [1.165, 1.54) is 49.4 Å². The molecule has 1 fully saturated rings. The molecule has 0 aromatic carbocycles. The van der Waals surface area contributed by atoms with Crippen LogP contribution in [0.2, 0.25) is 0 Å². The predicted molar refractivity (Wildman–Crippen MR) is 54.1 cm³/mol. The van der Waals surface area contributed by atoms with Gasteiger partial charge in [0.05, 0.1) is 27.2 Å². The van der Waals surface area contributed by atoms with Crippen LogP contribution in [0.25, 0.3) is 0 Å². The Labute approximate surface area is 77.4 Å². The summed E-state index contributed by atoms with van der Waals surface area (Å²) < 4.78 is 1.17. The third-order valence-electron chi connectivity index (χ3n) is 3.17. The van der Waals surface area contributed by atoms with Crippen molar-refractivity contribution in [2.45, 2.75) is 51.0 Å². The van der Waals surface area contributed by atoms with Gasteiger partial charge in [0.25, 0.3) is 0 Å². The molecule has 0 N–H and O–H groups in total. The number of quaternary nitrogens is 1. The van der Waals surface area contributed by atoms with E-state index in [1.807, 2.05) is 0 Å². The summed E-state index contributed by atoms with van der Waals surface area (Å²) in [4.78, 5) is 0. The summed E-state index contributed by atoms with van der Waals surface area (Å²) in [5, 5.41) is 0. The lowest BCUT2D eigenvalue weighted by Gasteiger charge is -2.35. The zero-order valence-electron chi connectivity index (χ0n) is 8.97. The molecule has 0 heterocycles. The lowest BCUT2D eigenvalue weighted by atomic mass is 9.95. The second-order valence-electron chi connectivity index (χ2n) is 5.12. The van der Waals surface area contributed by atoms with Crippen molar-refractivity contribution in [2.75, 3.05) is 21.1 Å². The third-order valence-corrected chi connectivity index (χ3v) is 3.17. The topological polar surface area (TPSA) is 0 Å². The zero-order valence-corrected chi connectivity index (χ0v) is 8.97. The highest BCUT2D eigenvalue weighted by atomic mass is 15.3. The van der Waals surface area contributed by atoms with Gasteiger partial charge in [0.2, 0.25) is 0 Å². The standard InChI is InChI=1S/C11H24N/c1-12(2,3)11-9-7-5-4-6-8-10-11/h11H,4-10H2,1-3H3/q+1. The number of hydrogen-bond donors (Lipinski definition) is 0. The average Bonchev–Trinajstić information content (AvgIpc) is 1.81. The van der Waals surface area contributed by atoms with E-state index in [1.54, 1.807) is 0 Å². The van der Waals surface area contributed by atoms with Crippen LogP contribution >= 0.6 is 0 Å². The molecule has 0 saturated heterocycles. The third kappa shape index (κ3) is 3.14. The van der Waals surface area contributed by atoms with Crippen LogP contribution in [-0.2, 0) is 0 Å². The summed E-state index contributed by atoms with van der Waals surface area (Å²) in [5.74, 6) is 0. The van der Waals surface area contributed by atoms with Gasteiger partial charge in [-0.15, -0.1) is 0 Å². The number of hydrogen-bond acceptors (Lipinski definition) is 0. The molecule has 0 aromatic rings. The molecule has 0 amide bonds. The van der Waals surface area contributed by atoms with Crippen LogP contribution in [0.15, 0.2) is 0 Å². The first-order valence-electron chi connectivity index (χ1n) is 5.42.